The Morgan fingerprint density at radius 1 is 0.941 bits per heavy atom. The molecule has 0 fully saturated rings. The van der Waals surface area contributed by atoms with Crippen molar-refractivity contribution < 1.29 is 0 Å². The highest BCUT2D eigenvalue weighted by atomic mass is 127. The van der Waals surface area contributed by atoms with Crippen LogP contribution in [-0.2, 0) is 7.05 Å². The van der Waals surface area contributed by atoms with Crippen molar-refractivity contribution in [2.45, 2.75) is 0 Å². The van der Waals surface area contributed by atoms with E-state index in [0.717, 1.165) is 0 Å². The first-order valence-corrected chi connectivity index (χ1v) is 6.64. The first-order chi connectivity index (χ1) is 8.25. The molecule has 1 nitrogen and oxygen atoms in total. The van der Waals surface area contributed by atoms with Crippen molar-refractivity contribution in [3.8, 4) is 11.3 Å². The highest BCUT2D eigenvalue weighted by Gasteiger charge is 2.06. The van der Waals surface area contributed by atoms with Gasteiger partial charge in [0.05, 0.1) is 0 Å². The van der Waals surface area contributed by atoms with Gasteiger partial charge in [-0.2, -0.15) is 0 Å². The minimum atomic E-state index is 1.27. The normalized spacial score (nSPS) is 10.9. The lowest BCUT2D eigenvalue weighted by Gasteiger charge is -2.04. The van der Waals surface area contributed by atoms with Crippen LogP contribution >= 0.6 is 22.6 Å². The summed E-state index contributed by atoms with van der Waals surface area (Å²) in [5, 5.41) is 1.30. The summed E-state index contributed by atoms with van der Waals surface area (Å²) in [5.41, 5.74) is 3.82. The molecule has 0 aliphatic carbocycles. The zero-order chi connectivity index (χ0) is 11.8. The van der Waals surface area contributed by atoms with Gasteiger partial charge in [0.1, 0.15) is 0 Å². The minimum absolute atomic E-state index is 1.27. The van der Waals surface area contributed by atoms with E-state index in [9.17, 15) is 0 Å². The number of halogens is 1. The van der Waals surface area contributed by atoms with Crippen LogP contribution in [0.25, 0.3) is 22.2 Å². The summed E-state index contributed by atoms with van der Waals surface area (Å²) < 4.78 is 3.52. The molecule has 2 heteroatoms. The molecule has 1 heterocycles. The third kappa shape index (κ3) is 1.86. The van der Waals surface area contributed by atoms with Crippen LogP contribution in [-0.4, -0.2) is 4.57 Å². The molecule has 0 saturated heterocycles. The monoisotopic (exact) mass is 333 g/mol. The topological polar surface area (TPSA) is 4.93 Å². The number of hydrogen-bond donors (Lipinski definition) is 0. The first-order valence-electron chi connectivity index (χ1n) is 5.56. The van der Waals surface area contributed by atoms with E-state index in [2.05, 4.69) is 88.8 Å². The molecular formula is C15H12IN. The van der Waals surface area contributed by atoms with Gasteiger partial charge in [-0.1, -0.05) is 30.3 Å². The van der Waals surface area contributed by atoms with Crippen molar-refractivity contribution in [1.82, 2.24) is 4.57 Å². The molecule has 3 rings (SSSR count). The zero-order valence-corrected chi connectivity index (χ0v) is 11.7. The molecule has 0 N–H and O–H groups in total. The SMILES string of the molecule is Cn1c(-c2cccc(I)c2)cc2ccccc21. The largest absolute Gasteiger partial charge is 0.344 e. The van der Waals surface area contributed by atoms with E-state index in [1.807, 2.05) is 0 Å². The molecular weight excluding hydrogens is 321 g/mol. The molecule has 0 radical (unpaired) electrons. The van der Waals surface area contributed by atoms with Crippen LogP contribution in [0, 0.1) is 3.57 Å². The molecule has 84 valence electrons. The van der Waals surface area contributed by atoms with E-state index < -0.39 is 0 Å². The number of aryl methyl sites for hydroxylation is 1. The molecule has 0 spiro atoms. The fourth-order valence-corrected chi connectivity index (χ4v) is 2.76. The summed E-state index contributed by atoms with van der Waals surface area (Å²) in [7, 11) is 2.12. The Bertz CT molecular complexity index is 682. The van der Waals surface area contributed by atoms with Gasteiger partial charge >= 0.3 is 0 Å². The van der Waals surface area contributed by atoms with Gasteiger partial charge in [-0.15, -0.1) is 0 Å². The highest BCUT2D eigenvalue weighted by Crippen LogP contribution is 2.27. The van der Waals surface area contributed by atoms with E-state index in [1.165, 1.54) is 25.7 Å². The standard InChI is InChI=1S/C15H12IN/c1-17-14-8-3-2-5-12(14)10-15(17)11-6-4-7-13(16)9-11/h2-10H,1H3. The molecule has 0 bridgehead atoms. The average Bonchev–Trinajstić information content (AvgIpc) is 2.68. The summed E-state index contributed by atoms with van der Waals surface area (Å²) in [6.07, 6.45) is 0. The summed E-state index contributed by atoms with van der Waals surface area (Å²) in [6, 6.07) is 19.3. The molecule has 2 aromatic carbocycles. The molecule has 3 aromatic rings. The van der Waals surface area contributed by atoms with E-state index >= 15 is 0 Å². The van der Waals surface area contributed by atoms with Gasteiger partial charge in [-0.25, -0.2) is 0 Å². The quantitative estimate of drug-likeness (QED) is 0.580. The number of hydrogen-bond acceptors (Lipinski definition) is 0. The van der Waals surface area contributed by atoms with Crippen LogP contribution in [0.1, 0.15) is 0 Å². The van der Waals surface area contributed by atoms with Gasteiger partial charge in [0, 0.05) is 27.2 Å². The average molecular weight is 333 g/mol. The van der Waals surface area contributed by atoms with Crippen LogP contribution < -0.4 is 0 Å². The fraction of sp³-hybridized carbons (Fsp3) is 0.0667. The number of para-hydroxylation sites is 1. The molecule has 0 atom stereocenters. The Morgan fingerprint density at radius 3 is 2.53 bits per heavy atom. The number of aromatic nitrogens is 1. The summed E-state index contributed by atoms with van der Waals surface area (Å²) in [6.45, 7) is 0. The van der Waals surface area contributed by atoms with Crippen molar-refractivity contribution >= 4 is 33.5 Å². The lowest BCUT2D eigenvalue weighted by atomic mass is 10.1. The third-order valence-electron chi connectivity index (χ3n) is 3.07. The number of nitrogens with zero attached hydrogens (tertiary/aromatic N) is 1. The smallest absolute Gasteiger partial charge is 0.0489 e. The van der Waals surface area contributed by atoms with Crippen molar-refractivity contribution in [1.29, 1.82) is 0 Å². The molecule has 0 aliphatic heterocycles. The molecule has 1 aromatic heterocycles. The summed E-state index contributed by atoms with van der Waals surface area (Å²) in [5.74, 6) is 0. The number of rotatable bonds is 1. The Morgan fingerprint density at radius 2 is 1.76 bits per heavy atom. The van der Waals surface area contributed by atoms with Crippen molar-refractivity contribution in [2.24, 2.45) is 7.05 Å². The summed E-state index contributed by atoms with van der Waals surface area (Å²) >= 11 is 2.35. The maximum atomic E-state index is 2.35. The van der Waals surface area contributed by atoms with Crippen LogP contribution in [0.3, 0.4) is 0 Å². The minimum Gasteiger partial charge on any atom is -0.344 e. The van der Waals surface area contributed by atoms with E-state index in [0.29, 0.717) is 0 Å². The second kappa shape index (κ2) is 4.18. The van der Waals surface area contributed by atoms with Gasteiger partial charge < -0.3 is 4.57 Å². The maximum Gasteiger partial charge on any atom is 0.0489 e. The van der Waals surface area contributed by atoms with E-state index in [1.54, 1.807) is 0 Å². The lowest BCUT2D eigenvalue weighted by Crippen LogP contribution is -1.91. The number of fused-ring (bicyclic) bond motifs is 1. The van der Waals surface area contributed by atoms with Crippen molar-refractivity contribution in [3.05, 3.63) is 58.2 Å². The second-order valence-electron chi connectivity index (χ2n) is 4.16. The first kappa shape index (κ1) is 10.8. The van der Waals surface area contributed by atoms with Crippen LogP contribution in [0.2, 0.25) is 0 Å². The number of benzene rings is 2. The van der Waals surface area contributed by atoms with Gasteiger partial charge in [-0.05, 0) is 52.4 Å². The van der Waals surface area contributed by atoms with E-state index in [4.69, 9.17) is 0 Å². The van der Waals surface area contributed by atoms with Crippen LogP contribution in [0.4, 0.5) is 0 Å². The van der Waals surface area contributed by atoms with Crippen molar-refractivity contribution in [2.75, 3.05) is 0 Å². The Balaban J connectivity index is 2.27. The highest BCUT2D eigenvalue weighted by molar-refractivity contribution is 14.1. The van der Waals surface area contributed by atoms with Gasteiger partial charge in [0.25, 0.3) is 0 Å². The molecule has 0 saturated carbocycles. The third-order valence-corrected chi connectivity index (χ3v) is 3.74. The summed E-state index contributed by atoms with van der Waals surface area (Å²) in [4.78, 5) is 0. The van der Waals surface area contributed by atoms with Gasteiger partial charge in [0.15, 0.2) is 0 Å². The Kier molecular flexibility index (Phi) is 2.67. The Hall–Kier alpha value is -1.29. The second-order valence-corrected chi connectivity index (χ2v) is 5.40. The zero-order valence-electron chi connectivity index (χ0n) is 9.52. The Labute approximate surface area is 114 Å². The predicted molar refractivity (Wildman–Crippen MR) is 81.1 cm³/mol. The van der Waals surface area contributed by atoms with Crippen molar-refractivity contribution in [3.63, 3.8) is 0 Å². The van der Waals surface area contributed by atoms with Crippen LogP contribution in [0.15, 0.2) is 54.6 Å². The molecule has 17 heavy (non-hydrogen) atoms. The molecule has 0 aliphatic rings. The van der Waals surface area contributed by atoms with Crippen LogP contribution in [0.5, 0.6) is 0 Å². The van der Waals surface area contributed by atoms with E-state index in [-0.39, 0.29) is 0 Å². The maximum absolute atomic E-state index is 2.35. The molecule has 0 unspecified atom stereocenters. The van der Waals surface area contributed by atoms with Gasteiger partial charge in [0.2, 0.25) is 0 Å². The predicted octanol–water partition coefficient (Wildman–Crippen LogP) is 4.45. The fourth-order valence-electron chi connectivity index (χ4n) is 2.21. The lowest BCUT2D eigenvalue weighted by molar-refractivity contribution is 0.978. The molecule has 0 amide bonds. The van der Waals surface area contributed by atoms with Gasteiger partial charge in [-0.3, -0.25) is 0 Å².